The molecule has 0 saturated carbocycles. The summed E-state index contributed by atoms with van der Waals surface area (Å²) in [5.74, 6) is -0.0345. The molecule has 0 saturated heterocycles. The first-order chi connectivity index (χ1) is 13.5. The highest BCUT2D eigenvalue weighted by Gasteiger charge is 2.19. The molecule has 0 atom stereocenters. The van der Waals surface area contributed by atoms with E-state index in [0.29, 0.717) is 23.7 Å². The van der Waals surface area contributed by atoms with E-state index in [1.807, 2.05) is 79.4 Å². The van der Waals surface area contributed by atoms with E-state index in [9.17, 15) is 4.79 Å². The normalized spacial score (nSPS) is 10.7. The summed E-state index contributed by atoms with van der Waals surface area (Å²) in [4.78, 5) is 19.2. The van der Waals surface area contributed by atoms with Crippen molar-refractivity contribution < 1.29 is 4.79 Å². The first-order valence-electron chi connectivity index (χ1n) is 9.32. The van der Waals surface area contributed by atoms with E-state index in [1.54, 1.807) is 12.4 Å². The average molecular weight is 394 g/mol. The summed E-state index contributed by atoms with van der Waals surface area (Å²) in [6, 6.07) is 19.6. The molecule has 0 fully saturated rings. The molecular weight excluding hydrogens is 370 g/mol. The van der Waals surface area contributed by atoms with Crippen LogP contribution in [0.1, 0.15) is 35.3 Å². The number of benzene rings is 2. The Hall–Kier alpha value is -2.85. The number of nitrogens with zero attached hydrogens (tertiary/aromatic N) is 2. The summed E-state index contributed by atoms with van der Waals surface area (Å²) in [7, 11) is 0. The first kappa shape index (κ1) is 19.9. The fourth-order valence-corrected chi connectivity index (χ4v) is 3.13. The molecule has 1 amide bonds. The maximum Gasteiger partial charge on any atom is 0.256 e. The van der Waals surface area contributed by atoms with Crippen LogP contribution >= 0.6 is 11.6 Å². The molecule has 0 aliphatic heterocycles. The van der Waals surface area contributed by atoms with Gasteiger partial charge in [0.2, 0.25) is 0 Å². The van der Waals surface area contributed by atoms with Crippen LogP contribution in [-0.2, 0) is 13.1 Å². The Labute approximate surface area is 171 Å². The van der Waals surface area contributed by atoms with Crippen molar-refractivity contribution in [3.05, 3.63) is 94.8 Å². The maximum absolute atomic E-state index is 13.1. The minimum atomic E-state index is -0.0345. The lowest BCUT2D eigenvalue weighted by atomic mass is 10.1. The predicted octanol–water partition coefficient (Wildman–Crippen LogP) is 5.40. The molecule has 0 aliphatic rings. The van der Waals surface area contributed by atoms with Gasteiger partial charge in [0, 0.05) is 36.5 Å². The van der Waals surface area contributed by atoms with Gasteiger partial charge in [0.15, 0.2) is 0 Å². The number of amides is 1. The van der Waals surface area contributed by atoms with Crippen molar-refractivity contribution >= 4 is 23.2 Å². The van der Waals surface area contributed by atoms with Crippen LogP contribution in [0.25, 0.3) is 0 Å². The number of nitrogens with one attached hydrogen (secondary N) is 1. The zero-order valence-corrected chi connectivity index (χ0v) is 16.9. The van der Waals surface area contributed by atoms with Crippen molar-refractivity contribution in [1.82, 2.24) is 9.88 Å². The predicted molar refractivity (Wildman–Crippen MR) is 114 cm³/mol. The molecule has 0 radical (unpaired) electrons. The molecule has 1 heterocycles. The van der Waals surface area contributed by atoms with Crippen LogP contribution in [0.4, 0.5) is 5.69 Å². The van der Waals surface area contributed by atoms with Gasteiger partial charge in [-0.05, 0) is 37.1 Å². The summed E-state index contributed by atoms with van der Waals surface area (Å²) in [5.41, 5.74) is 3.45. The fourth-order valence-electron chi connectivity index (χ4n) is 2.93. The third-order valence-corrected chi connectivity index (χ3v) is 4.87. The van der Waals surface area contributed by atoms with E-state index in [4.69, 9.17) is 11.6 Å². The molecule has 144 valence electrons. The van der Waals surface area contributed by atoms with Crippen LogP contribution in [-0.4, -0.2) is 21.8 Å². The van der Waals surface area contributed by atoms with Gasteiger partial charge in [0.05, 0.1) is 11.3 Å². The fraction of sp³-hybridized carbons (Fsp3) is 0.217. The van der Waals surface area contributed by atoms with Crippen molar-refractivity contribution in [3.8, 4) is 0 Å². The van der Waals surface area contributed by atoms with Gasteiger partial charge in [-0.25, -0.2) is 0 Å². The summed E-state index contributed by atoms with van der Waals surface area (Å²) < 4.78 is 0. The van der Waals surface area contributed by atoms with Crippen molar-refractivity contribution in [2.45, 2.75) is 33.0 Å². The smallest absolute Gasteiger partial charge is 0.256 e. The van der Waals surface area contributed by atoms with Crippen molar-refractivity contribution in [2.24, 2.45) is 0 Å². The molecule has 4 nitrogen and oxygen atoms in total. The third kappa shape index (κ3) is 5.11. The van der Waals surface area contributed by atoms with Gasteiger partial charge in [-0.15, -0.1) is 0 Å². The second-order valence-corrected chi connectivity index (χ2v) is 7.33. The highest BCUT2D eigenvalue weighted by molar-refractivity contribution is 6.31. The molecule has 28 heavy (non-hydrogen) atoms. The highest BCUT2D eigenvalue weighted by Crippen LogP contribution is 2.19. The Morgan fingerprint density at radius 3 is 2.50 bits per heavy atom. The van der Waals surface area contributed by atoms with Gasteiger partial charge in [-0.2, -0.15) is 0 Å². The number of aromatic nitrogens is 1. The molecule has 1 N–H and O–H groups in total. The molecule has 5 heteroatoms. The summed E-state index contributed by atoms with van der Waals surface area (Å²) in [6.07, 6.45) is 3.33. The number of halogens is 1. The van der Waals surface area contributed by atoms with Crippen LogP contribution in [0.5, 0.6) is 0 Å². The summed E-state index contributed by atoms with van der Waals surface area (Å²) >= 11 is 6.21. The van der Waals surface area contributed by atoms with Crippen molar-refractivity contribution in [2.75, 3.05) is 5.32 Å². The van der Waals surface area contributed by atoms with Gasteiger partial charge in [0.25, 0.3) is 5.91 Å². The van der Waals surface area contributed by atoms with E-state index >= 15 is 0 Å². The van der Waals surface area contributed by atoms with E-state index in [2.05, 4.69) is 10.3 Å². The van der Waals surface area contributed by atoms with E-state index in [-0.39, 0.29) is 11.9 Å². The molecule has 0 aliphatic carbocycles. The highest BCUT2D eigenvalue weighted by atomic mass is 35.5. The van der Waals surface area contributed by atoms with Crippen molar-refractivity contribution in [3.63, 3.8) is 0 Å². The lowest BCUT2D eigenvalue weighted by molar-refractivity contribution is 0.0690. The zero-order valence-electron chi connectivity index (χ0n) is 16.1. The Morgan fingerprint density at radius 2 is 1.79 bits per heavy atom. The van der Waals surface area contributed by atoms with Crippen LogP contribution in [0.15, 0.2) is 73.1 Å². The van der Waals surface area contributed by atoms with Crippen LogP contribution in [0, 0.1) is 0 Å². The minimum absolute atomic E-state index is 0.0345. The molecule has 3 aromatic rings. The van der Waals surface area contributed by atoms with Gasteiger partial charge >= 0.3 is 0 Å². The lowest BCUT2D eigenvalue weighted by Crippen LogP contribution is -2.36. The monoisotopic (exact) mass is 393 g/mol. The molecule has 0 unspecified atom stereocenters. The maximum atomic E-state index is 13.1. The Kier molecular flexibility index (Phi) is 6.66. The van der Waals surface area contributed by atoms with Gasteiger partial charge in [0.1, 0.15) is 0 Å². The Morgan fingerprint density at radius 1 is 1.07 bits per heavy atom. The van der Waals surface area contributed by atoms with Gasteiger partial charge < -0.3 is 10.2 Å². The minimum Gasteiger partial charge on any atom is -0.380 e. The van der Waals surface area contributed by atoms with Crippen LogP contribution in [0.2, 0.25) is 5.02 Å². The number of rotatable bonds is 7. The van der Waals surface area contributed by atoms with E-state index in [1.165, 1.54) is 0 Å². The van der Waals surface area contributed by atoms with Crippen LogP contribution in [0.3, 0.4) is 0 Å². The standard InChI is InChI=1S/C23H24ClN3O/c1-17(2)27(16-18-8-4-3-5-9-18)23(28)20-12-21(15-25-13-20)26-14-19-10-6-7-11-22(19)24/h3-13,15,17,26H,14,16H2,1-2H3. The van der Waals surface area contributed by atoms with Crippen molar-refractivity contribution in [1.29, 1.82) is 0 Å². The molecule has 0 spiro atoms. The van der Waals surface area contributed by atoms with Crippen LogP contribution < -0.4 is 5.32 Å². The molecule has 2 aromatic carbocycles. The quantitative estimate of drug-likeness (QED) is 0.584. The number of hydrogen-bond acceptors (Lipinski definition) is 3. The Balaban J connectivity index is 1.73. The molecular formula is C23H24ClN3O. The second kappa shape index (κ2) is 9.38. The number of carbonyl (C=O) groups is 1. The molecule has 3 rings (SSSR count). The summed E-state index contributed by atoms with van der Waals surface area (Å²) in [6.45, 7) is 5.17. The lowest BCUT2D eigenvalue weighted by Gasteiger charge is -2.27. The number of pyridine rings is 1. The zero-order chi connectivity index (χ0) is 19.9. The molecule has 1 aromatic heterocycles. The van der Waals surface area contributed by atoms with Gasteiger partial charge in [-0.1, -0.05) is 60.1 Å². The van der Waals surface area contributed by atoms with Gasteiger partial charge in [-0.3, -0.25) is 9.78 Å². The topological polar surface area (TPSA) is 45.2 Å². The average Bonchev–Trinajstić information content (AvgIpc) is 2.72. The molecule has 0 bridgehead atoms. The number of carbonyl (C=O) groups excluding carboxylic acids is 1. The third-order valence-electron chi connectivity index (χ3n) is 4.51. The number of anilines is 1. The second-order valence-electron chi connectivity index (χ2n) is 6.92. The van der Waals surface area contributed by atoms with E-state index < -0.39 is 0 Å². The SMILES string of the molecule is CC(C)N(Cc1ccccc1)C(=O)c1cncc(NCc2ccccc2Cl)c1. The van der Waals surface area contributed by atoms with E-state index in [0.717, 1.165) is 16.8 Å². The number of hydrogen-bond donors (Lipinski definition) is 1. The largest absolute Gasteiger partial charge is 0.380 e. The Bertz CT molecular complexity index is 928. The summed E-state index contributed by atoms with van der Waals surface area (Å²) in [5, 5.41) is 4.01. The first-order valence-corrected chi connectivity index (χ1v) is 9.69.